The Kier molecular flexibility index (Phi) is 5.83. The van der Waals surface area contributed by atoms with Gasteiger partial charge in [0.1, 0.15) is 0 Å². The van der Waals surface area contributed by atoms with Crippen LogP contribution in [0.3, 0.4) is 0 Å². The molecule has 0 aliphatic carbocycles. The van der Waals surface area contributed by atoms with Crippen LogP contribution in [0.25, 0.3) is 0 Å². The van der Waals surface area contributed by atoms with Crippen LogP contribution in [0.15, 0.2) is 5.38 Å². The molecule has 1 aromatic rings. The standard InChI is InChI=1S/C11H21N3S/c1-9(12)5-3-4-6-13-7-11-8-15-10(2)14-11/h8-9,13H,3-7,12H2,1-2H3. The molecule has 0 aliphatic rings. The van der Waals surface area contributed by atoms with Crippen molar-refractivity contribution >= 4 is 11.3 Å². The van der Waals surface area contributed by atoms with Gasteiger partial charge in [-0.15, -0.1) is 11.3 Å². The molecule has 4 heteroatoms. The minimum absolute atomic E-state index is 0.339. The quantitative estimate of drug-likeness (QED) is 0.701. The summed E-state index contributed by atoms with van der Waals surface area (Å²) in [5.74, 6) is 0. The fraction of sp³-hybridized carbons (Fsp3) is 0.727. The molecule has 0 radical (unpaired) electrons. The maximum absolute atomic E-state index is 5.67. The van der Waals surface area contributed by atoms with Crippen molar-refractivity contribution in [3.8, 4) is 0 Å². The lowest BCUT2D eigenvalue weighted by molar-refractivity contribution is 0.561. The average Bonchev–Trinajstić information content (AvgIpc) is 2.57. The van der Waals surface area contributed by atoms with E-state index in [0.717, 1.165) is 30.2 Å². The van der Waals surface area contributed by atoms with Gasteiger partial charge in [-0.3, -0.25) is 0 Å². The van der Waals surface area contributed by atoms with Gasteiger partial charge in [0, 0.05) is 18.0 Å². The third kappa shape index (κ3) is 5.87. The smallest absolute Gasteiger partial charge is 0.0897 e. The van der Waals surface area contributed by atoms with Gasteiger partial charge in [0.05, 0.1) is 10.7 Å². The molecule has 0 saturated carbocycles. The maximum atomic E-state index is 5.67. The first kappa shape index (κ1) is 12.6. The summed E-state index contributed by atoms with van der Waals surface area (Å²) in [4.78, 5) is 4.39. The first-order chi connectivity index (χ1) is 7.18. The number of nitrogens with two attached hydrogens (primary N) is 1. The molecule has 3 N–H and O–H groups in total. The van der Waals surface area contributed by atoms with Gasteiger partial charge in [-0.25, -0.2) is 4.98 Å². The highest BCUT2D eigenvalue weighted by Crippen LogP contribution is 2.07. The number of rotatable bonds is 7. The van der Waals surface area contributed by atoms with Crippen LogP contribution in [0.1, 0.15) is 36.9 Å². The van der Waals surface area contributed by atoms with Crippen molar-refractivity contribution in [2.45, 2.75) is 45.7 Å². The van der Waals surface area contributed by atoms with Crippen LogP contribution in [0.4, 0.5) is 0 Å². The summed E-state index contributed by atoms with van der Waals surface area (Å²) in [6, 6.07) is 0.339. The van der Waals surface area contributed by atoms with E-state index in [2.05, 4.69) is 22.6 Å². The number of hydrogen-bond donors (Lipinski definition) is 2. The minimum Gasteiger partial charge on any atom is -0.328 e. The number of hydrogen-bond acceptors (Lipinski definition) is 4. The number of aromatic nitrogens is 1. The fourth-order valence-electron chi connectivity index (χ4n) is 1.42. The zero-order valence-corrected chi connectivity index (χ0v) is 10.4. The van der Waals surface area contributed by atoms with Gasteiger partial charge in [0.2, 0.25) is 0 Å². The molecule has 1 rings (SSSR count). The summed E-state index contributed by atoms with van der Waals surface area (Å²) < 4.78 is 0. The number of nitrogens with zero attached hydrogens (tertiary/aromatic N) is 1. The van der Waals surface area contributed by atoms with E-state index in [1.54, 1.807) is 11.3 Å². The van der Waals surface area contributed by atoms with E-state index in [-0.39, 0.29) is 0 Å². The van der Waals surface area contributed by atoms with E-state index >= 15 is 0 Å². The molecular formula is C11H21N3S. The van der Waals surface area contributed by atoms with Gasteiger partial charge < -0.3 is 11.1 Å². The maximum Gasteiger partial charge on any atom is 0.0897 e. The van der Waals surface area contributed by atoms with Crippen LogP contribution in [0.2, 0.25) is 0 Å². The second kappa shape index (κ2) is 6.93. The first-order valence-corrected chi connectivity index (χ1v) is 6.43. The Balaban J connectivity index is 1.98. The zero-order valence-electron chi connectivity index (χ0n) is 9.62. The molecule has 0 spiro atoms. The molecule has 1 aromatic heterocycles. The second-order valence-electron chi connectivity index (χ2n) is 4.01. The van der Waals surface area contributed by atoms with Crippen molar-refractivity contribution in [2.24, 2.45) is 5.73 Å². The lowest BCUT2D eigenvalue weighted by atomic mass is 10.1. The van der Waals surface area contributed by atoms with Crippen molar-refractivity contribution in [3.05, 3.63) is 16.1 Å². The van der Waals surface area contributed by atoms with Crippen molar-refractivity contribution in [1.82, 2.24) is 10.3 Å². The Labute approximate surface area is 96.1 Å². The molecule has 1 unspecified atom stereocenters. The zero-order chi connectivity index (χ0) is 11.1. The Morgan fingerprint density at radius 3 is 2.93 bits per heavy atom. The average molecular weight is 227 g/mol. The molecule has 0 saturated heterocycles. The summed E-state index contributed by atoms with van der Waals surface area (Å²) in [7, 11) is 0. The van der Waals surface area contributed by atoms with Gasteiger partial charge in [-0.05, 0) is 33.2 Å². The summed E-state index contributed by atoms with van der Waals surface area (Å²) in [5, 5.41) is 6.65. The molecule has 1 atom stereocenters. The lowest BCUT2D eigenvalue weighted by Crippen LogP contribution is -2.17. The monoisotopic (exact) mass is 227 g/mol. The van der Waals surface area contributed by atoms with Crippen LogP contribution >= 0.6 is 11.3 Å². The van der Waals surface area contributed by atoms with E-state index in [4.69, 9.17) is 5.73 Å². The van der Waals surface area contributed by atoms with Crippen molar-refractivity contribution in [2.75, 3.05) is 6.54 Å². The molecular weight excluding hydrogens is 206 g/mol. The normalized spacial score (nSPS) is 13.0. The Hall–Kier alpha value is -0.450. The molecule has 0 fully saturated rings. The predicted octanol–water partition coefficient (Wildman–Crippen LogP) is 2.06. The largest absolute Gasteiger partial charge is 0.328 e. The minimum atomic E-state index is 0.339. The van der Waals surface area contributed by atoms with Crippen LogP contribution < -0.4 is 11.1 Å². The third-order valence-corrected chi connectivity index (χ3v) is 3.06. The van der Waals surface area contributed by atoms with Gasteiger partial charge >= 0.3 is 0 Å². The Morgan fingerprint density at radius 1 is 1.53 bits per heavy atom. The highest BCUT2D eigenvalue weighted by Gasteiger charge is 1.97. The second-order valence-corrected chi connectivity index (χ2v) is 5.07. The van der Waals surface area contributed by atoms with Gasteiger partial charge in [0.15, 0.2) is 0 Å². The number of aryl methyl sites for hydroxylation is 1. The van der Waals surface area contributed by atoms with E-state index < -0.39 is 0 Å². The van der Waals surface area contributed by atoms with Gasteiger partial charge in [-0.1, -0.05) is 6.42 Å². The molecule has 86 valence electrons. The summed E-state index contributed by atoms with van der Waals surface area (Å²) >= 11 is 1.71. The molecule has 0 aromatic carbocycles. The molecule has 0 aliphatic heterocycles. The van der Waals surface area contributed by atoms with E-state index in [1.165, 1.54) is 12.8 Å². The molecule has 3 nitrogen and oxygen atoms in total. The third-order valence-electron chi connectivity index (χ3n) is 2.24. The highest BCUT2D eigenvalue weighted by molar-refractivity contribution is 7.09. The predicted molar refractivity (Wildman–Crippen MR) is 66.1 cm³/mol. The highest BCUT2D eigenvalue weighted by atomic mass is 32.1. The van der Waals surface area contributed by atoms with E-state index in [1.807, 2.05) is 6.92 Å². The van der Waals surface area contributed by atoms with Gasteiger partial charge in [0.25, 0.3) is 0 Å². The van der Waals surface area contributed by atoms with Crippen molar-refractivity contribution in [1.29, 1.82) is 0 Å². The topological polar surface area (TPSA) is 50.9 Å². The van der Waals surface area contributed by atoms with Gasteiger partial charge in [-0.2, -0.15) is 0 Å². The first-order valence-electron chi connectivity index (χ1n) is 5.56. The molecule has 0 bridgehead atoms. The fourth-order valence-corrected chi connectivity index (χ4v) is 2.03. The molecule has 0 amide bonds. The van der Waals surface area contributed by atoms with Crippen LogP contribution in [-0.2, 0) is 6.54 Å². The van der Waals surface area contributed by atoms with Crippen LogP contribution in [0.5, 0.6) is 0 Å². The lowest BCUT2D eigenvalue weighted by Gasteiger charge is -2.05. The van der Waals surface area contributed by atoms with Crippen molar-refractivity contribution in [3.63, 3.8) is 0 Å². The summed E-state index contributed by atoms with van der Waals surface area (Å²) in [5.41, 5.74) is 6.83. The molecule has 1 heterocycles. The van der Waals surface area contributed by atoms with Crippen LogP contribution in [-0.4, -0.2) is 17.6 Å². The Morgan fingerprint density at radius 2 is 2.33 bits per heavy atom. The Bertz CT molecular complexity index is 271. The molecule has 15 heavy (non-hydrogen) atoms. The SMILES string of the molecule is Cc1nc(CNCCCCC(C)N)cs1. The van der Waals surface area contributed by atoms with E-state index in [0.29, 0.717) is 6.04 Å². The van der Waals surface area contributed by atoms with Crippen molar-refractivity contribution < 1.29 is 0 Å². The van der Waals surface area contributed by atoms with Crippen LogP contribution in [0, 0.1) is 6.92 Å². The number of nitrogens with one attached hydrogen (secondary N) is 1. The number of unbranched alkanes of at least 4 members (excludes halogenated alkanes) is 1. The summed E-state index contributed by atoms with van der Waals surface area (Å²) in [6.45, 7) is 6.05. The summed E-state index contributed by atoms with van der Waals surface area (Å²) in [6.07, 6.45) is 3.53. The number of thiazole rings is 1. The van der Waals surface area contributed by atoms with E-state index in [9.17, 15) is 0 Å².